The van der Waals surface area contributed by atoms with E-state index in [1.54, 1.807) is 22.9 Å². The minimum Gasteiger partial charge on any atom is -0.485 e. The van der Waals surface area contributed by atoms with E-state index in [-0.39, 0.29) is 12.2 Å². The van der Waals surface area contributed by atoms with Crippen molar-refractivity contribution in [3.63, 3.8) is 0 Å². The number of carboxylic acid groups (broad SMARTS) is 1. The summed E-state index contributed by atoms with van der Waals surface area (Å²) in [6.45, 7) is 0.157. The van der Waals surface area contributed by atoms with Gasteiger partial charge in [0, 0.05) is 3.57 Å². The van der Waals surface area contributed by atoms with Crippen LogP contribution in [0.5, 0.6) is 5.75 Å². The van der Waals surface area contributed by atoms with Gasteiger partial charge in [0.15, 0.2) is 5.82 Å². The standard InChI is InChI=1S/C12H11IN4O3/c13-7-1-4-10(9(5-7)12(18)19)20-6-11-14-15-16-17(11)8-2-3-8/h1,4-5,8H,2-3,6H2,(H,18,19). The van der Waals surface area contributed by atoms with Crippen molar-refractivity contribution in [3.05, 3.63) is 33.2 Å². The summed E-state index contributed by atoms with van der Waals surface area (Å²) >= 11 is 2.06. The first-order valence-corrected chi connectivity index (χ1v) is 7.15. The number of aromatic carboxylic acids is 1. The van der Waals surface area contributed by atoms with E-state index in [0.717, 1.165) is 16.4 Å². The Labute approximate surface area is 128 Å². The molecule has 0 atom stereocenters. The summed E-state index contributed by atoms with van der Waals surface area (Å²) in [6, 6.07) is 5.38. The summed E-state index contributed by atoms with van der Waals surface area (Å²) in [5, 5.41) is 20.6. The first-order valence-electron chi connectivity index (χ1n) is 6.07. The fraction of sp³-hybridized carbons (Fsp3) is 0.333. The van der Waals surface area contributed by atoms with Gasteiger partial charge in [-0.15, -0.1) is 5.10 Å². The molecule has 0 bridgehead atoms. The quantitative estimate of drug-likeness (QED) is 0.790. The van der Waals surface area contributed by atoms with Crippen LogP contribution in [-0.4, -0.2) is 31.3 Å². The smallest absolute Gasteiger partial charge is 0.339 e. The minimum absolute atomic E-state index is 0.141. The van der Waals surface area contributed by atoms with E-state index in [4.69, 9.17) is 4.74 Å². The number of carbonyl (C=O) groups is 1. The van der Waals surface area contributed by atoms with Gasteiger partial charge in [0.2, 0.25) is 0 Å². The van der Waals surface area contributed by atoms with Crippen molar-refractivity contribution in [2.75, 3.05) is 0 Å². The summed E-state index contributed by atoms with van der Waals surface area (Å²) in [5.41, 5.74) is 0.141. The molecular formula is C12H11IN4O3. The molecule has 2 aromatic rings. The zero-order chi connectivity index (χ0) is 14.1. The lowest BCUT2D eigenvalue weighted by Crippen LogP contribution is -2.09. The zero-order valence-corrected chi connectivity index (χ0v) is 12.5. The highest BCUT2D eigenvalue weighted by Crippen LogP contribution is 2.34. The number of tetrazole rings is 1. The fourth-order valence-corrected chi connectivity index (χ4v) is 2.34. The van der Waals surface area contributed by atoms with Crippen LogP contribution in [0, 0.1) is 3.57 Å². The molecule has 1 fully saturated rings. The number of benzene rings is 1. The van der Waals surface area contributed by atoms with Gasteiger partial charge in [-0.2, -0.15) is 0 Å². The lowest BCUT2D eigenvalue weighted by atomic mass is 10.2. The van der Waals surface area contributed by atoms with Gasteiger partial charge >= 0.3 is 5.97 Å². The molecule has 1 aromatic carbocycles. The Bertz CT molecular complexity index is 654. The van der Waals surface area contributed by atoms with Crippen LogP contribution in [0.3, 0.4) is 0 Å². The van der Waals surface area contributed by atoms with Gasteiger partial charge in [0.05, 0.1) is 6.04 Å². The predicted octanol–water partition coefficient (Wildman–Crippen LogP) is 1.89. The first kappa shape index (κ1) is 13.3. The Balaban J connectivity index is 1.78. The third-order valence-corrected chi connectivity index (χ3v) is 3.65. The topological polar surface area (TPSA) is 90.1 Å². The van der Waals surface area contributed by atoms with Gasteiger partial charge in [-0.25, -0.2) is 9.48 Å². The Morgan fingerprint density at radius 1 is 1.50 bits per heavy atom. The number of aromatic nitrogens is 4. The number of halogens is 1. The molecule has 0 spiro atoms. The van der Waals surface area contributed by atoms with Gasteiger partial charge in [-0.3, -0.25) is 0 Å². The van der Waals surface area contributed by atoms with E-state index in [1.807, 2.05) is 0 Å². The van der Waals surface area contributed by atoms with Crippen LogP contribution in [0.15, 0.2) is 18.2 Å². The van der Waals surface area contributed by atoms with E-state index in [1.165, 1.54) is 0 Å². The Morgan fingerprint density at radius 2 is 2.30 bits per heavy atom. The molecule has 1 saturated carbocycles. The molecule has 1 aliphatic rings. The van der Waals surface area contributed by atoms with E-state index in [0.29, 0.717) is 17.6 Å². The maximum absolute atomic E-state index is 11.2. The summed E-state index contributed by atoms with van der Waals surface area (Å²) in [5.74, 6) is -0.0778. The van der Waals surface area contributed by atoms with E-state index >= 15 is 0 Å². The van der Waals surface area contributed by atoms with Crippen molar-refractivity contribution in [1.29, 1.82) is 0 Å². The van der Waals surface area contributed by atoms with Gasteiger partial charge in [0.1, 0.15) is 17.9 Å². The molecule has 8 heteroatoms. The van der Waals surface area contributed by atoms with Crippen LogP contribution in [0.25, 0.3) is 0 Å². The second-order valence-electron chi connectivity index (χ2n) is 4.51. The molecule has 0 aliphatic heterocycles. The zero-order valence-electron chi connectivity index (χ0n) is 10.4. The monoisotopic (exact) mass is 386 g/mol. The van der Waals surface area contributed by atoms with Crippen molar-refractivity contribution in [1.82, 2.24) is 20.2 Å². The van der Waals surface area contributed by atoms with Crippen molar-refractivity contribution in [3.8, 4) is 5.75 Å². The normalized spacial score (nSPS) is 14.2. The number of carboxylic acids is 1. The third-order valence-electron chi connectivity index (χ3n) is 2.98. The van der Waals surface area contributed by atoms with E-state index in [9.17, 15) is 9.90 Å². The average molecular weight is 386 g/mol. The molecule has 0 amide bonds. The van der Waals surface area contributed by atoms with Crippen LogP contribution < -0.4 is 4.74 Å². The van der Waals surface area contributed by atoms with E-state index in [2.05, 4.69) is 38.1 Å². The Morgan fingerprint density at radius 3 is 3.00 bits per heavy atom. The van der Waals surface area contributed by atoms with Crippen LogP contribution in [0.4, 0.5) is 0 Å². The summed E-state index contributed by atoms with van der Waals surface area (Å²) in [7, 11) is 0. The number of rotatable bonds is 5. The van der Waals surface area contributed by atoms with Crippen LogP contribution in [-0.2, 0) is 6.61 Å². The molecule has 1 aliphatic carbocycles. The fourth-order valence-electron chi connectivity index (χ4n) is 1.85. The predicted molar refractivity (Wildman–Crippen MR) is 76.5 cm³/mol. The molecule has 1 aromatic heterocycles. The van der Waals surface area contributed by atoms with Gasteiger partial charge < -0.3 is 9.84 Å². The summed E-state index contributed by atoms with van der Waals surface area (Å²) < 4.78 is 8.15. The van der Waals surface area contributed by atoms with Crippen molar-refractivity contribution < 1.29 is 14.6 Å². The van der Waals surface area contributed by atoms with Crippen molar-refractivity contribution >= 4 is 28.6 Å². The molecular weight excluding hydrogens is 375 g/mol. The first-order chi connectivity index (χ1) is 9.65. The molecule has 0 radical (unpaired) electrons. The summed E-state index contributed by atoms with van der Waals surface area (Å²) in [4.78, 5) is 11.2. The molecule has 1 N–H and O–H groups in total. The van der Waals surface area contributed by atoms with Crippen LogP contribution in [0.1, 0.15) is 35.1 Å². The highest BCUT2D eigenvalue weighted by molar-refractivity contribution is 14.1. The molecule has 104 valence electrons. The lowest BCUT2D eigenvalue weighted by molar-refractivity contribution is 0.0691. The summed E-state index contributed by atoms with van der Waals surface area (Å²) in [6.07, 6.45) is 2.14. The average Bonchev–Trinajstić information content (AvgIpc) is 3.16. The maximum atomic E-state index is 11.2. The highest BCUT2D eigenvalue weighted by atomic mass is 127. The lowest BCUT2D eigenvalue weighted by Gasteiger charge is -2.09. The van der Waals surface area contributed by atoms with Gasteiger partial charge in [-0.1, -0.05) is 0 Å². The second kappa shape index (κ2) is 5.35. The van der Waals surface area contributed by atoms with Crippen molar-refractivity contribution in [2.24, 2.45) is 0 Å². The van der Waals surface area contributed by atoms with Gasteiger partial charge in [0.25, 0.3) is 0 Å². The number of hydrogen-bond acceptors (Lipinski definition) is 5. The molecule has 0 saturated heterocycles. The third kappa shape index (κ3) is 2.74. The molecule has 20 heavy (non-hydrogen) atoms. The Hall–Kier alpha value is -1.71. The molecule has 1 heterocycles. The molecule has 3 rings (SSSR count). The van der Waals surface area contributed by atoms with Crippen molar-refractivity contribution in [2.45, 2.75) is 25.5 Å². The SMILES string of the molecule is O=C(O)c1cc(I)ccc1OCc1nnnn1C1CC1. The van der Waals surface area contributed by atoms with Crippen LogP contribution in [0.2, 0.25) is 0 Å². The van der Waals surface area contributed by atoms with Gasteiger partial charge in [-0.05, 0) is 64.1 Å². The van der Waals surface area contributed by atoms with E-state index < -0.39 is 5.97 Å². The second-order valence-corrected chi connectivity index (χ2v) is 5.75. The maximum Gasteiger partial charge on any atom is 0.339 e. The molecule has 0 unspecified atom stereocenters. The van der Waals surface area contributed by atoms with Crippen LogP contribution >= 0.6 is 22.6 Å². The Kier molecular flexibility index (Phi) is 3.55. The minimum atomic E-state index is -1.01. The number of hydrogen-bond donors (Lipinski definition) is 1. The molecule has 7 nitrogen and oxygen atoms in total. The number of nitrogens with zero attached hydrogens (tertiary/aromatic N) is 4. The number of ether oxygens (including phenoxy) is 1. The largest absolute Gasteiger partial charge is 0.485 e. The highest BCUT2D eigenvalue weighted by Gasteiger charge is 2.28.